The molecular weight excluding hydrogens is 283 g/mol. The Balaban J connectivity index is 0.00000324. The van der Waals surface area contributed by atoms with Gasteiger partial charge in [0.1, 0.15) is 11.5 Å². The first kappa shape index (κ1) is 18.7. The molecule has 0 unspecified atom stereocenters. The molecule has 8 heteroatoms. The van der Waals surface area contributed by atoms with Gasteiger partial charge in [-0.25, -0.2) is 8.42 Å². The number of rotatable bonds is 8. The van der Waals surface area contributed by atoms with Gasteiger partial charge in [0.2, 0.25) is 0 Å². The number of benzene rings is 1. The molecular formula is C11H15LiO5S2. The summed E-state index contributed by atoms with van der Waals surface area (Å²) < 4.78 is 41.6. The van der Waals surface area contributed by atoms with E-state index in [1.165, 1.54) is 12.0 Å². The summed E-state index contributed by atoms with van der Waals surface area (Å²) in [5, 5.41) is 0. The van der Waals surface area contributed by atoms with Crippen LogP contribution in [0.5, 0.6) is 11.5 Å². The summed E-state index contributed by atoms with van der Waals surface area (Å²) in [4.78, 5) is 0. The smallest absolute Gasteiger partial charge is 0.748 e. The van der Waals surface area contributed by atoms with Crippen LogP contribution in [0.4, 0.5) is 0 Å². The van der Waals surface area contributed by atoms with Crippen LogP contribution in [-0.4, -0.2) is 31.6 Å². The molecule has 0 saturated heterocycles. The maximum atomic E-state index is 10.4. The molecule has 102 valence electrons. The van der Waals surface area contributed by atoms with Crippen molar-refractivity contribution in [1.29, 1.82) is 0 Å². The largest absolute Gasteiger partial charge is 1.00 e. The van der Waals surface area contributed by atoms with Gasteiger partial charge in [-0.3, -0.25) is 0 Å². The molecule has 0 aliphatic heterocycles. The van der Waals surface area contributed by atoms with Crippen molar-refractivity contribution in [3.05, 3.63) is 24.3 Å². The summed E-state index contributed by atoms with van der Waals surface area (Å²) in [6.45, 7) is 0.387. The van der Waals surface area contributed by atoms with Gasteiger partial charge in [-0.1, -0.05) is 0 Å². The van der Waals surface area contributed by atoms with E-state index >= 15 is 0 Å². The molecule has 0 aromatic heterocycles. The van der Waals surface area contributed by atoms with Crippen molar-refractivity contribution < 1.29 is 40.8 Å². The minimum absolute atomic E-state index is 0. The van der Waals surface area contributed by atoms with E-state index < -0.39 is 10.1 Å². The standard InChI is InChI=1S/C11H16O5S2.Li/c1-17-16-11-6-4-10(5-7-11)15-8-2-3-9-18(12,13)14;/h4-7H,2-3,8-9H2,1H3,(H,12,13,14);/q;+1/p-1. The fourth-order valence-corrected chi connectivity index (χ4v) is 2.12. The van der Waals surface area contributed by atoms with Crippen molar-refractivity contribution in [2.24, 2.45) is 0 Å². The topological polar surface area (TPSA) is 75.7 Å². The Morgan fingerprint density at radius 3 is 2.26 bits per heavy atom. The molecule has 0 spiro atoms. The van der Waals surface area contributed by atoms with Gasteiger partial charge in [0.25, 0.3) is 0 Å². The summed E-state index contributed by atoms with van der Waals surface area (Å²) in [5.41, 5.74) is 0. The minimum Gasteiger partial charge on any atom is -0.748 e. The Hall–Kier alpha value is -0.323. The van der Waals surface area contributed by atoms with Gasteiger partial charge in [-0.2, -0.15) is 0 Å². The predicted octanol–water partition coefficient (Wildman–Crippen LogP) is -0.948. The van der Waals surface area contributed by atoms with Crippen LogP contribution >= 0.6 is 12.0 Å². The zero-order valence-electron chi connectivity index (χ0n) is 11.0. The fraction of sp³-hybridized carbons (Fsp3) is 0.455. The van der Waals surface area contributed by atoms with Crippen LogP contribution in [-0.2, 0) is 10.1 Å². The third-order valence-electron chi connectivity index (χ3n) is 2.06. The van der Waals surface area contributed by atoms with E-state index in [4.69, 9.17) is 8.92 Å². The Kier molecular flexibility index (Phi) is 9.40. The first-order valence-corrected chi connectivity index (χ1v) is 8.11. The third-order valence-corrected chi connectivity index (χ3v) is 3.21. The normalized spacial score (nSPS) is 10.6. The van der Waals surface area contributed by atoms with E-state index in [0.717, 1.165) is 5.75 Å². The SMILES string of the molecule is CSOc1ccc(OCCCCS(=O)(=O)[O-])cc1.[Li+]. The van der Waals surface area contributed by atoms with Crippen molar-refractivity contribution in [3.8, 4) is 11.5 Å². The van der Waals surface area contributed by atoms with Crippen molar-refractivity contribution in [2.75, 3.05) is 18.6 Å². The Morgan fingerprint density at radius 1 is 1.16 bits per heavy atom. The Morgan fingerprint density at radius 2 is 1.74 bits per heavy atom. The van der Waals surface area contributed by atoms with Crippen molar-refractivity contribution in [1.82, 2.24) is 0 Å². The molecule has 0 aliphatic carbocycles. The molecule has 0 bridgehead atoms. The summed E-state index contributed by atoms with van der Waals surface area (Å²) in [7, 11) is -4.11. The fourth-order valence-electron chi connectivity index (χ4n) is 1.26. The summed E-state index contributed by atoms with van der Waals surface area (Å²) in [5.74, 6) is 1.09. The zero-order chi connectivity index (χ0) is 13.4. The molecule has 1 aromatic carbocycles. The van der Waals surface area contributed by atoms with Gasteiger partial charge in [0.05, 0.1) is 28.8 Å². The molecule has 0 atom stereocenters. The number of ether oxygens (including phenoxy) is 1. The second kappa shape index (κ2) is 9.56. The van der Waals surface area contributed by atoms with Crippen LogP contribution in [0.1, 0.15) is 12.8 Å². The van der Waals surface area contributed by atoms with Crippen LogP contribution < -0.4 is 27.8 Å². The molecule has 0 saturated carbocycles. The van der Waals surface area contributed by atoms with Crippen LogP contribution in [0.25, 0.3) is 0 Å². The van der Waals surface area contributed by atoms with Crippen LogP contribution in [0.2, 0.25) is 0 Å². The Bertz CT molecular complexity index is 447. The van der Waals surface area contributed by atoms with Crippen LogP contribution in [0.15, 0.2) is 24.3 Å². The second-order valence-electron chi connectivity index (χ2n) is 3.54. The van der Waals surface area contributed by atoms with E-state index in [2.05, 4.69) is 0 Å². The quantitative estimate of drug-likeness (QED) is 0.267. The average molecular weight is 298 g/mol. The van der Waals surface area contributed by atoms with Gasteiger partial charge in [-0.15, -0.1) is 0 Å². The van der Waals surface area contributed by atoms with Gasteiger partial charge in [-0.05, 0) is 37.1 Å². The molecule has 1 rings (SSSR count). The van der Waals surface area contributed by atoms with E-state index in [-0.39, 0.29) is 24.6 Å². The monoisotopic (exact) mass is 298 g/mol. The summed E-state index contributed by atoms with van der Waals surface area (Å²) >= 11 is 1.26. The average Bonchev–Trinajstić information content (AvgIpc) is 2.30. The first-order chi connectivity index (χ1) is 8.51. The van der Waals surface area contributed by atoms with E-state index in [1.54, 1.807) is 24.3 Å². The van der Waals surface area contributed by atoms with Crippen molar-refractivity contribution in [2.45, 2.75) is 12.8 Å². The van der Waals surface area contributed by atoms with Crippen LogP contribution in [0, 0.1) is 0 Å². The van der Waals surface area contributed by atoms with Crippen LogP contribution in [0.3, 0.4) is 0 Å². The summed E-state index contributed by atoms with van der Waals surface area (Å²) in [6, 6.07) is 7.12. The maximum absolute atomic E-state index is 10.4. The van der Waals surface area contributed by atoms with E-state index in [0.29, 0.717) is 25.2 Å². The molecule has 0 amide bonds. The molecule has 5 nitrogen and oxygen atoms in total. The molecule has 1 aromatic rings. The molecule has 19 heavy (non-hydrogen) atoms. The maximum Gasteiger partial charge on any atom is 1.00 e. The molecule has 0 radical (unpaired) electrons. The second-order valence-corrected chi connectivity index (χ2v) is 5.56. The van der Waals surface area contributed by atoms with E-state index in [9.17, 15) is 13.0 Å². The third kappa shape index (κ3) is 9.25. The summed E-state index contributed by atoms with van der Waals surface area (Å²) in [6.07, 6.45) is 2.68. The first-order valence-electron chi connectivity index (χ1n) is 5.38. The van der Waals surface area contributed by atoms with Crippen molar-refractivity contribution >= 4 is 22.2 Å². The van der Waals surface area contributed by atoms with Gasteiger partial charge in [0.15, 0.2) is 0 Å². The molecule has 0 heterocycles. The van der Waals surface area contributed by atoms with E-state index in [1.807, 2.05) is 6.26 Å². The Labute approximate surface area is 130 Å². The molecule has 0 fully saturated rings. The number of hydrogen-bond acceptors (Lipinski definition) is 6. The zero-order valence-corrected chi connectivity index (χ0v) is 12.6. The minimum atomic E-state index is -4.11. The predicted molar refractivity (Wildman–Crippen MR) is 69.9 cm³/mol. The van der Waals surface area contributed by atoms with Gasteiger partial charge in [0, 0.05) is 12.0 Å². The molecule has 0 N–H and O–H groups in total. The van der Waals surface area contributed by atoms with Gasteiger partial charge < -0.3 is 13.5 Å². The number of hydrogen-bond donors (Lipinski definition) is 0. The molecule has 0 aliphatic rings. The number of unbranched alkanes of at least 4 members (excludes halogenated alkanes) is 1. The van der Waals surface area contributed by atoms with Crippen molar-refractivity contribution in [3.63, 3.8) is 0 Å². The van der Waals surface area contributed by atoms with Gasteiger partial charge >= 0.3 is 18.9 Å².